The monoisotopic (exact) mass is 487 g/mol. The first-order valence-electron chi connectivity index (χ1n) is 10.9. The van der Waals surface area contributed by atoms with Gasteiger partial charge in [0.25, 0.3) is 5.91 Å². The number of carbonyl (C=O) groups excluding carboxylic acids is 3. The molecule has 1 fully saturated rings. The van der Waals surface area contributed by atoms with Crippen molar-refractivity contribution in [3.63, 3.8) is 0 Å². The Balaban J connectivity index is 1.27. The van der Waals surface area contributed by atoms with E-state index in [0.717, 1.165) is 5.56 Å². The Labute approximate surface area is 197 Å². The van der Waals surface area contributed by atoms with Crippen molar-refractivity contribution in [1.29, 1.82) is 0 Å². The van der Waals surface area contributed by atoms with E-state index in [0.29, 0.717) is 44.1 Å². The third-order valence-corrected chi connectivity index (χ3v) is 7.49. The van der Waals surface area contributed by atoms with E-state index in [-0.39, 0.29) is 23.8 Å². The van der Waals surface area contributed by atoms with Crippen molar-refractivity contribution >= 4 is 39.2 Å². The summed E-state index contributed by atoms with van der Waals surface area (Å²) in [6.45, 7) is 0.772. The molecule has 2 amide bonds. The highest BCUT2D eigenvalue weighted by molar-refractivity contribution is 7.89. The molecule has 0 atom stereocenters. The number of anilines is 2. The molecule has 1 saturated heterocycles. The fourth-order valence-electron chi connectivity index (χ4n) is 3.76. The molecule has 2 aliphatic rings. The van der Waals surface area contributed by atoms with Crippen LogP contribution in [-0.2, 0) is 40.3 Å². The van der Waals surface area contributed by atoms with Gasteiger partial charge in [-0.1, -0.05) is 24.3 Å². The first-order valence-corrected chi connectivity index (χ1v) is 12.3. The minimum Gasteiger partial charge on any atom is -0.456 e. The molecule has 34 heavy (non-hydrogen) atoms. The Bertz CT molecular complexity index is 1180. The van der Waals surface area contributed by atoms with Crippen molar-refractivity contribution in [2.45, 2.75) is 17.7 Å². The zero-order valence-corrected chi connectivity index (χ0v) is 19.3. The number of para-hydroxylation sites is 2. The molecule has 0 spiro atoms. The molecule has 4 rings (SSSR count). The van der Waals surface area contributed by atoms with Gasteiger partial charge in [0.2, 0.25) is 15.9 Å². The maximum atomic E-state index is 12.7. The zero-order valence-electron chi connectivity index (χ0n) is 18.4. The number of hydrogen-bond donors (Lipinski definition) is 1. The minimum absolute atomic E-state index is 0.0277. The fraction of sp³-hybridized carbons (Fsp3) is 0.348. The predicted octanol–water partition coefficient (Wildman–Crippen LogP) is 1.17. The largest absolute Gasteiger partial charge is 0.456 e. The molecule has 0 aliphatic carbocycles. The highest BCUT2D eigenvalue weighted by atomic mass is 32.2. The van der Waals surface area contributed by atoms with Gasteiger partial charge < -0.3 is 14.8 Å². The second-order valence-electron chi connectivity index (χ2n) is 7.87. The van der Waals surface area contributed by atoms with E-state index in [1.165, 1.54) is 21.3 Å². The van der Waals surface area contributed by atoms with Crippen molar-refractivity contribution in [1.82, 2.24) is 4.31 Å². The summed E-state index contributed by atoms with van der Waals surface area (Å²) in [4.78, 5) is 38.0. The standard InChI is InChI=1S/C23H25N3O7S/c27-21-15-26(20-4-2-1-3-19(20)24-21)22(28)16-33-23(29)10-7-17-5-8-18(9-6-17)34(30,31)25-11-13-32-14-12-25/h1-6,8-9H,7,10-16H2,(H,24,27). The quantitative estimate of drug-likeness (QED) is 0.582. The molecule has 0 bridgehead atoms. The van der Waals surface area contributed by atoms with Gasteiger partial charge in [0.15, 0.2) is 6.61 Å². The number of morpholine rings is 1. The lowest BCUT2D eigenvalue weighted by Gasteiger charge is -2.28. The lowest BCUT2D eigenvalue weighted by Crippen LogP contribution is -2.44. The van der Waals surface area contributed by atoms with Crippen LogP contribution in [0.1, 0.15) is 12.0 Å². The number of fused-ring (bicyclic) bond motifs is 1. The van der Waals surface area contributed by atoms with Crippen molar-refractivity contribution in [3.8, 4) is 0 Å². The fourth-order valence-corrected chi connectivity index (χ4v) is 5.17. The Morgan fingerprint density at radius 3 is 2.47 bits per heavy atom. The Kier molecular flexibility index (Phi) is 7.25. The number of aryl methyl sites for hydroxylation is 1. The highest BCUT2D eigenvalue weighted by Gasteiger charge is 2.28. The van der Waals surface area contributed by atoms with Crippen LogP contribution in [0.2, 0.25) is 0 Å². The summed E-state index contributed by atoms with van der Waals surface area (Å²) < 4.78 is 37.1. The Morgan fingerprint density at radius 1 is 1.03 bits per heavy atom. The van der Waals surface area contributed by atoms with E-state index >= 15 is 0 Å². The van der Waals surface area contributed by atoms with Gasteiger partial charge in [-0.05, 0) is 36.2 Å². The maximum absolute atomic E-state index is 12.7. The van der Waals surface area contributed by atoms with Crippen LogP contribution < -0.4 is 10.2 Å². The maximum Gasteiger partial charge on any atom is 0.306 e. The van der Waals surface area contributed by atoms with E-state index in [1.807, 2.05) is 0 Å². The number of sulfonamides is 1. The van der Waals surface area contributed by atoms with Crippen molar-refractivity contribution in [2.75, 3.05) is 49.7 Å². The number of esters is 1. The summed E-state index contributed by atoms with van der Waals surface area (Å²) in [6, 6.07) is 13.3. The van der Waals surface area contributed by atoms with Crippen molar-refractivity contribution < 1.29 is 32.3 Å². The van der Waals surface area contributed by atoms with E-state index in [4.69, 9.17) is 9.47 Å². The molecule has 0 unspecified atom stereocenters. The number of rotatable bonds is 7. The molecule has 11 heteroatoms. The second-order valence-corrected chi connectivity index (χ2v) is 9.80. The topological polar surface area (TPSA) is 122 Å². The molecule has 0 radical (unpaired) electrons. The summed E-state index contributed by atoms with van der Waals surface area (Å²) >= 11 is 0. The first kappa shape index (κ1) is 23.9. The number of nitrogens with zero attached hydrogens (tertiary/aromatic N) is 2. The van der Waals surface area contributed by atoms with Crippen LogP contribution in [0.5, 0.6) is 0 Å². The van der Waals surface area contributed by atoms with Gasteiger partial charge in [-0.15, -0.1) is 0 Å². The number of amides is 2. The molecular formula is C23H25N3O7S. The Hall–Kier alpha value is -3.28. The summed E-state index contributed by atoms with van der Waals surface area (Å²) in [6.07, 6.45) is 0.361. The SMILES string of the molecule is O=C1CN(C(=O)COC(=O)CCc2ccc(S(=O)(=O)N3CCOCC3)cc2)c2ccccc2N1. The second kappa shape index (κ2) is 10.3. The molecule has 2 aromatic carbocycles. The summed E-state index contributed by atoms with van der Waals surface area (Å²) in [5.41, 5.74) is 1.85. The number of ether oxygens (including phenoxy) is 2. The average molecular weight is 488 g/mol. The molecule has 2 heterocycles. The van der Waals surface area contributed by atoms with E-state index in [2.05, 4.69) is 5.32 Å². The molecule has 1 N–H and O–H groups in total. The molecule has 2 aliphatic heterocycles. The highest BCUT2D eigenvalue weighted by Crippen LogP contribution is 2.28. The molecule has 180 valence electrons. The van der Waals surface area contributed by atoms with Gasteiger partial charge in [0.05, 0.1) is 29.5 Å². The lowest BCUT2D eigenvalue weighted by molar-refractivity contribution is -0.147. The van der Waals surface area contributed by atoms with Crippen LogP contribution in [-0.4, -0.2) is 70.0 Å². The molecule has 0 saturated carbocycles. The van der Waals surface area contributed by atoms with E-state index in [9.17, 15) is 22.8 Å². The van der Waals surface area contributed by atoms with Gasteiger partial charge in [0.1, 0.15) is 6.54 Å². The number of carbonyl (C=O) groups is 3. The molecule has 2 aromatic rings. The smallest absolute Gasteiger partial charge is 0.306 e. The molecular weight excluding hydrogens is 462 g/mol. The van der Waals surface area contributed by atoms with Crippen LogP contribution in [0.25, 0.3) is 0 Å². The van der Waals surface area contributed by atoms with Gasteiger partial charge in [0, 0.05) is 19.5 Å². The summed E-state index contributed by atoms with van der Waals surface area (Å²) in [5.74, 6) is -1.38. The predicted molar refractivity (Wildman–Crippen MR) is 123 cm³/mol. The lowest BCUT2D eigenvalue weighted by atomic mass is 10.1. The number of nitrogens with one attached hydrogen (secondary N) is 1. The van der Waals surface area contributed by atoms with Crippen LogP contribution in [0.3, 0.4) is 0 Å². The number of hydrogen-bond acceptors (Lipinski definition) is 7. The number of benzene rings is 2. The third kappa shape index (κ3) is 5.44. The first-order chi connectivity index (χ1) is 16.3. The van der Waals surface area contributed by atoms with Gasteiger partial charge >= 0.3 is 5.97 Å². The van der Waals surface area contributed by atoms with Crippen LogP contribution in [0, 0.1) is 0 Å². The molecule has 10 nitrogen and oxygen atoms in total. The minimum atomic E-state index is -3.57. The summed E-state index contributed by atoms with van der Waals surface area (Å²) in [5, 5.41) is 2.69. The van der Waals surface area contributed by atoms with E-state index in [1.54, 1.807) is 36.4 Å². The normalized spacial score (nSPS) is 16.5. The van der Waals surface area contributed by atoms with Crippen molar-refractivity contribution in [3.05, 3.63) is 54.1 Å². The van der Waals surface area contributed by atoms with Gasteiger partial charge in [-0.2, -0.15) is 4.31 Å². The van der Waals surface area contributed by atoms with Gasteiger partial charge in [-0.3, -0.25) is 19.3 Å². The van der Waals surface area contributed by atoms with Crippen LogP contribution in [0.15, 0.2) is 53.4 Å². The van der Waals surface area contributed by atoms with E-state index < -0.39 is 28.5 Å². The van der Waals surface area contributed by atoms with Crippen molar-refractivity contribution in [2.24, 2.45) is 0 Å². The van der Waals surface area contributed by atoms with Crippen LogP contribution >= 0.6 is 0 Å². The van der Waals surface area contributed by atoms with Gasteiger partial charge in [-0.25, -0.2) is 8.42 Å². The van der Waals surface area contributed by atoms with Crippen LogP contribution in [0.4, 0.5) is 11.4 Å². The summed E-state index contributed by atoms with van der Waals surface area (Å²) in [7, 11) is -3.57. The zero-order chi connectivity index (χ0) is 24.1. The molecule has 0 aromatic heterocycles. The Morgan fingerprint density at radius 2 is 1.74 bits per heavy atom. The third-order valence-electron chi connectivity index (χ3n) is 5.58. The average Bonchev–Trinajstić information content (AvgIpc) is 2.86.